The van der Waals surface area contributed by atoms with E-state index in [0.717, 1.165) is 62.1 Å². The Labute approximate surface area is 303 Å². The molecule has 2 aliphatic rings. The van der Waals surface area contributed by atoms with Gasteiger partial charge in [0.25, 0.3) is 0 Å². The Bertz CT molecular complexity index is 2650. The lowest BCUT2D eigenvalue weighted by Crippen LogP contribution is -2.32. The van der Waals surface area contributed by atoms with Crippen LogP contribution in [-0.4, -0.2) is 15.0 Å². The van der Waals surface area contributed by atoms with E-state index in [4.69, 9.17) is 14.7 Å². The summed E-state index contributed by atoms with van der Waals surface area (Å²) in [5.74, 6) is 2.48. The molecule has 0 fully saturated rings. The van der Waals surface area contributed by atoms with Gasteiger partial charge in [-0.25, -0.2) is 9.97 Å². The van der Waals surface area contributed by atoms with Gasteiger partial charge < -0.3 is 4.74 Å². The van der Waals surface area contributed by atoms with Gasteiger partial charge in [0.1, 0.15) is 17.3 Å². The van der Waals surface area contributed by atoms with E-state index >= 15 is 0 Å². The van der Waals surface area contributed by atoms with Crippen molar-refractivity contribution in [1.29, 1.82) is 0 Å². The topological polar surface area (TPSA) is 47.9 Å². The van der Waals surface area contributed by atoms with Crippen molar-refractivity contribution in [3.63, 3.8) is 0 Å². The molecule has 0 N–H and O–H groups in total. The summed E-state index contributed by atoms with van der Waals surface area (Å²) in [4.78, 5) is 14.3. The van der Waals surface area contributed by atoms with E-state index < -0.39 is 5.41 Å². The van der Waals surface area contributed by atoms with Crippen LogP contribution in [0.15, 0.2) is 164 Å². The van der Waals surface area contributed by atoms with Crippen molar-refractivity contribution < 1.29 is 4.74 Å². The molecule has 52 heavy (non-hydrogen) atoms. The molecule has 2 aromatic heterocycles. The number of ether oxygens (including phenoxy) is 1. The van der Waals surface area contributed by atoms with Gasteiger partial charge in [-0.3, -0.25) is 4.98 Å². The fourth-order valence-electron chi connectivity index (χ4n) is 8.38. The summed E-state index contributed by atoms with van der Waals surface area (Å²) in [6.07, 6.45) is 3.81. The number of rotatable bonds is 4. The monoisotopic (exact) mass is 667 g/mol. The SMILES string of the molecule is Cc1nc(-c2cccc(-c3ccccc3)c2)cc(-c2ccc3c(c2)C2(c4ccccc4Oc4ccccc42)c2ccc(-c4ccncc4C)cc2-3)n1. The van der Waals surface area contributed by atoms with Gasteiger partial charge in [-0.2, -0.15) is 0 Å². The smallest absolute Gasteiger partial charge is 0.132 e. The van der Waals surface area contributed by atoms with Gasteiger partial charge >= 0.3 is 0 Å². The third kappa shape index (κ3) is 4.58. The van der Waals surface area contributed by atoms with Crippen LogP contribution in [0.4, 0.5) is 0 Å². The Morgan fingerprint density at radius 2 is 1.10 bits per heavy atom. The number of hydrogen-bond acceptors (Lipinski definition) is 4. The summed E-state index contributed by atoms with van der Waals surface area (Å²) in [7, 11) is 0. The normalized spacial score (nSPS) is 13.1. The molecule has 6 aromatic carbocycles. The first kappa shape index (κ1) is 30.2. The molecule has 3 heterocycles. The molecule has 10 rings (SSSR count). The van der Waals surface area contributed by atoms with Crippen LogP contribution < -0.4 is 4.74 Å². The number of fused-ring (bicyclic) bond motifs is 9. The van der Waals surface area contributed by atoms with Crippen molar-refractivity contribution in [1.82, 2.24) is 15.0 Å². The zero-order valence-corrected chi connectivity index (χ0v) is 28.8. The van der Waals surface area contributed by atoms with Crippen LogP contribution in [-0.2, 0) is 5.41 Å². The van der Waals surface area contributed by atoms with E-state index in [1.807, 2.05) is 25.4 Å². The predicted molar refractivity (Wildman–Crippen MR) is 208 cm³/mol. The highest BCUT2D eigenvalue weighted by Gasteiger charge is 2.51. The maximum absolute atomic E-state index is 6.61. The Morgan fingerprint density at radius 3 is 1.85 bits per heavy atom. The molecule has 0 atom stereocenters. The summed E-state index contributed by atoms with van der Waals surface area (Å²) in [5, 5.41) is 0. The minimum Gasteiger partial charge on any atom is -0.457 e. The van der Waals surface area contributed by atoms with Gasteiger partial charge in [0, 0.05) is 34.6 Å². The first-order valence-corrected chi connectivity index (χ1v) is 17.7. The van der Waals surface area contributed by atoms with E-state index in [0.29, 0.717) is 0 Å². The second-order valence-corrected chi connectivity index (χ2v) is 13.7. The molecule has 0 unspecified atom stereocenters. The molecule has 1 aliphatic heterocycles. The van der Waals surface area contributed by atoms with E-state index in [9.17, 15) is 0 Å². The van der Waals surface area contributed by atoms with Crippen molar-refractivity contribution in [3.8, 4) is 67.4 Å². The largest absolute Gasteiger partial charge is 0.457 e. The van der Waals surface area contributed by atoms with Gasteiger partial charge in [-0.15, -0.1) is 0 Å². The average Bonchev–Trinajstić information content (AvgIpc) is 3.47. The Balaban J connectivity index is 1.20. The van der Waals surface area contributed by atoms with E-state index in [1.165, 1.54) is 38.9 Å². The lowest BCUT2D eigenvalue weighted by molar-refractivity contribution is 0.436. The zero-order chi connectivity index (χ0) is 34.8. The molecule has 0 saturated heterocycles. The molecule has 4 heteroatoms. The predicted octanol–water partition coefficient (Wildman–Crippen LogP) is 11.6. The molecule has 0 radical (unpaired) electrons. The third-order valence-corrected chi connectivity index (χ3v) is 10.7. The van der Waals surface area contributed by atoms with Gasteiger partial charge in [-0.05, 0) is 106 Å². The molecule has 246 valence electrons. The summed E-state index contributed by atoms with van der Waals surface area (Å²) < 4.78 is 6.61. The van der Waals surface area contributed by atoms with Gasteiger partial charge in [0.2, 0.25) is 0 Å². The minimum atomic E-state index is -0.590. The van der Waals surface area contributed by atoms with Gasteiger partial charge in [0.15, 0.2) is 0 Å². The first-order chi connectivity index (χ1) is 25.6. The minimum absolute atomic E-state index is 0.590. The zero-order valence-electron chi connectivity index (χ0n) is 28.8. The van der Waals surface area contributed by atoms with E-state index in [-0.39, 0.29) is 0 Å². The molecule has 1 aliphatic carbocycles. The van der Waals surface area contributed by atoms with Crippen LogP contribution in [0.2, 0.25) is 0 Å². The number of nitrogens with zero attached hydrogens (tertiary/aromatic N) is 3. The van der Waals surface area contributed by atoms with Crippen molar-refractivity contribution in [3.05, 3.63) is 198 Å². The quantitative estimate of drug-likeness (QED) is 0.187. The number of hydrogen-bond donors (Lipinski definition) is 0. The first-order valence-electron chi connectivity index (χ1n) is 17.7. The summed E-state index contributed by atoms with van der Waals surface area (Å²) in [5.41, 5.74) is 16.3. The van der Waals surface area contributed by atoms with Crippen molar-refractivity contribution in [2.24, 2.45) is 0 Å². The number of benzene rings is 6. The summed E-state index contributed by atoms with van der Waals surface area (Å²) in [6, 6.07) is 54.1. The van der Waals surface area contributed by atoms with Crippen LogP contribution in [0.1, 0.15) is 33.6 Å². The second kappa shape index (κ2) is 11.7. The number of aromatic nitrogens is 3. The molecule has 8 aromatic rings. The Kier molecular flexibility index (Phi) is 6.80. The van der Waals surface area contributed by atoms with E-state index in [2.05, 4.69) is 158 Å². The van der Waals surface area contributed by atoms with Crippen LogP contribution in [0, 0.1) is 13.8 Å². The Morgan fingerprint density at radius 1 is 0.442 bits per heavy atom. The highest BCUT2D eigenvalue weighted by molar-refractivity contribution is 5.92. The molecule has 0 amide bonds. The molecule has 0 saturated carbocycles. The third-order valence-electron chi connectivity index (χ3n) is 10.7. The molecule has 1 spiro atoms. The van der Waals surface area contributed by atoms with Crippen molar-refractivity contribution >= 4 is 0 Å². The number of para-hydroxylation sites is 2. The van der Waals surface area contributed by atoms with Crippen molar-refractivity contribution in [2.75, 3.05) is 0 Å². The molecular weight excluding hydrogens is 635 g/mol. The Hall–Kier alpha value is -6.65. The number of pyridine rings is 1. The lowest BCUT2D eigenvalue weighted by Gasteiger charge is -2.39. The van der Waals surface area contributed by atoms with Gasteiger partial charge in [-0.1, -0.05) is 109 Å². The lowest BCUT2D eigenvalue weighted by atomic mass is 9.66. The van der Waals surface area contributed by atoms with Crippen LogP contribution >= 0.6 is 0 Å². The van der Waals surface area contributed by atoms with Crippen molar-refractivity contribution in [2.45, 2.75) is 19.3 Å². The highest BCUT2D eigenvalue weighted by Crippen LogP contribution is 2.62. The number of aryl methyl sites for hydroxylation is 2. The second-order valence-electron chi connectivity index (χ2n) is 13.7. The average molecular weight is 668 g/mol. The van der Waals surface area contributed by atoms with Crippen LogP contribution in [0.3, 0.4) is 0 Å². The fraction of sp³-hybridized carbons (Fsp3) is 0.0625. The van der Waals surface area contributed by atoms with Crippen LogP contribution in [0.25, 0.3) is 55.9 Å². The molecule has 0 bridgehead atoms. The maximum Gasteiger partial charge on any atom is 0.132 e. The summed E-state index contributed by atoms with van der Waals surface area (Å²) in [6.45, 7) is 4.10. The molecular formula is C48H33N3O. The fourth-order valence-corrected chi connectivity index (χ4v) is 8.38. The highest BCUT2D eigenvalue weighted by atomic mass is 16.5. The summed E-state index contributed by atoms with van der Waals surface area (Å²) >= 11 is 0. The van der Waals surface area contributed by atoms with Gasteiger partial charge in [0.05, 0.1) is 16.8 Å². The molecule has 4 nitrogen and oxygen atoms in total. The van der Waals surface area contributed by atoms with E-state index in [1.54, 1.807) is 0 Å². The maximum atomic E-state index is 6.61. The van der Waals surface area contributed by atoms with Crippen LogP contribution in [0.5, 0.6) is 11.5 Å². The standard InChI is InChI=1S/C48H33N3O/c1-30-29-49-24-23-37(30)34-20-22-40-39(26-34)38-21-19-36(27-43(38)48(40)41-15-6-8-17-46(41)52-47-18-9-7-16-42(47)48)45-28-44(50-31(2)51-45)35-14-10-13-33(25-35)32-11-4-3-5-12-32/h3-29H,1-2H3.